The van der Waals surface area contributed by atoms with Gasteiger partial charge in [0.05, 0.1) is 37.8 Å². The fraction of sp³-hybridized carbons (Fsp3) is 0.308. The third-order valence-corrected chi connectivity index (χ3v) is 4.40. The summed E-state index contributed by atoms with van der Waals surface area (Å²) in [6, 6.07) is 3.22. The summed E-state index contributed by atoms with van der Waals surface area (Å²) in [5, 5.41) is 20.9. The maximum Gasteiger partial charge on any atom is 0.182 e. The first-order valence-corrected chi connectivity index (χ1v) is 6.94. The van der Waals surface area contributed by atoms with Gasteiger partial charge in [-0.1, -0.05) is 34.8 Å². The second kappa shape index (κ2) is 5.99. The van der Waals surface area contributed by atoms with E-state index < -0.39 is 6.04 Å². The first-order chi connectivity index (χ1) is 9.52. The normalized spacial score (nSPS) is 17.6. The molecule has 0 radical (unpaired) electrons. The monoisotopic (exact) mass is 327 g/mol. The van der Waals surface area contributed by atoms with E-state index in [-0.39, 0.29) is 37.5 Å². The Morgan fingerprint density at radius 3 is 2.25 bits per heavy atom. The highest BCUT2D eigenvalue weighted by atomic mass is 35.5. The van der Waals surface area contributed by atoms with E-state index in [1.54, 1.807) is 6.07 Å². The van der Waals surface area contributed by atoms with E-state index in [0.29, 0.717) is 6.42 Å². The molecule has 7 heteroatoms. The number of rotatable bonds is 2. The van der Waals surface area contributed by atoms with Gasteiger partial charge in [-0.15, -0.1) is 0 Å². The maximum atomic E-state index is 12.5. The van der Waals surface area contributed by atoms with E-state index in [0.717, 1.165) is 13.0 Å². The van der Waals surface area contributed by atoms with Gasteiger partial charge in [0.2, 0.25) is 0 Å². The molecule has 1 aromatic rings. The fourth-order valence-corrected chi connectivity index (χ4v) is 3.01. The number of nitriles is 2. The molecule has 1 heterocycles. The zero-order valence-corrected chi connectivity index (χ0v) is 12.4. The van der Waals surface area contributed by atoms with Gasteiger partial charge >= 0.3 is 0 Å². The van der Waals surface area contributed by atoms with E-state index in [9.17, 15) is 10.1 Å². The molecule has 1 atom stereocenters. The minimum atomic E-state index is -0.403. The fourth-order valence-electron chi connectivity index (χ4n) is 2.18. The predicted octanol–water partition coefficient (Wildman–Crippen LogP) is 3.32. The zero-order chi connectivity index (χ0) is 14.9. The Labute approximate surface area is 130 Å². The molecule has 2 rings (SSSR count). The van der Waals surface area contributed by atoms with Crippen LogP contribution in [0.25, 0.3) is 0 Å². The van der Waals surface area contributed by atoms with Crippen molar-refractivity contribution in [2.45, 2.75) is 18.9 Å². The highest BCUT2D eigenvalue weighted by Crippen LogP contribution is 2.38. The molecule has 1 saturated heterocycles. The van der Waals surface area contributed by atoms with E-state index in [1.807, 2.05) is 6.07 Å². The standard InChI is InChI=1S/C13H8Cl3N3O/c14-10-6(4-17)9(12(16)11(15)7(10)5-18)13(20)8-2-1-3-19-8/h8,19H,1-3H2/t8-/m1/s1. The van der Waals surface area contributed by atoms with Crippen LogP contribution in [-0.4, -0.2) is 18.4 Å². The number of carbonyl (C=O) groups excluding carboxylic acids is 1. The Hall–Kier alpha value is -1.30. The number of Topliss-reactive ketones (excluding diaryl/α,β-unsaturated/α-hetero) is 1. The number of ketones is 1. The van der Waals surface area contributed by atoms with Crippen molar-refractivity contribution in [3.05, 3.63) is 31.8 Å². The van der Waals surface area contributed by atoms with Crippen molar-refractivity contribution in [2.75, 3.05) is 6.54 Å². The topological polar surface area (TPSA) is 76.7 Å². The highest BCUT2D eigenvalue weighted by Gasteiger charge is 2.31. The van der Waals surface area contributed by atoms with Gasteiger partial charge in [0.25, 0.3) is 0 Å². The van der Waals surface area contributed by atoms with Crippen molar-refractivity contribution in [3.8, 4) is 12.1 Å². The SMILES string of the molecule is N#Cc1c(Cl)c(Cl)c(C(=O)[C@H]2CCCN2)c(C#N)c1Cl. The lowest BCUT2D eigenvalue weighted by Crippen LogP contribution is -2.31. The number of nitrogens with one attached hydrogen (secondary N) is 1. The van der Waals surface area contributed by atoms with E-state index in [1.165, 1.54) is 0 Å². The number of carbonyl (C=O) groups is 1. The first-order valence-electron chi connectivity index (χ1n) is 5.81. The molecular formula is C13H8Cl3N3O. The van der Waals surface area contributed by atoms with Gasteiger partial charge in [0, 0.05) is 0 Å². The van der Waals surface area contributed by atoms with E-state index >= 15 is 0 Å². The van der Waals surface area contributed by atoms with Gasteiger partial charge in [0.15, 0.2) is 5.78 Å². The molecule has 1 N–H and O–H groups in total. The Bertz CT molecular complexity index is 667. The van der Waals surface area contributed by atoms with Gasteiger partial charge in [0.1, 0.15) is 12.1 Å². The van der Waals surface area contributed by atoms with Gasteiger partial charge in [-0.2, -0.15) is 10.5 Å². The smallest absolute Gasteiger partial charge is 0.182 e. The second-order valence-electron chi connectivity index (χ2n) is 4.30. The number of benzene rings is 1. The first kappa shape index (κ1) is 15.1. The van der Waals surface area contributed by atoms with Crippen LogP contribution in [0.15, 0.2) is 0 Å². The molecule has 4 nitrogen and oxygen atoms in total. The predicted molar refractivity (Wildman–Crippen MR) is 76.3 cm³/mol. The molecule has 1 fully saturated rings. The summed E-state index contributed by atoms with van der Waals surface area (Å²) in [5.74, 6) is -0.322. The molecule has 1 aromatic carbocycles. The molecule has 0 aromatic heterocycles. The number of nitrogens with zero attached hydrogens (tertiary/aromatic N) is 2. The molecule has 0 bridgehead atoms. The van der Waals surface area contributed by atoms with Crippen LogP contribution in [-0.2, 0) is 0 Å². The van der Waals surface area contributed by atoms with Crippen LogP contribution in [0.5, 0.6) is 0 Å². The third kappa shape index (κ3) is 2.37. The van der Waals surface area contributed by atoms with E-state index in [2.05, 4.69) is 5.32 Å². The molecule has 0 spiro atoms. The Balaban J connectivity index is 2.67. The average Bonchev–Trinajstić information content (AvgIpc) is 2.96. The van der Waals surface area contributed by atoms with Crippen molar-refractivity contribution in [1.29, 1.82) is 10.5 Å². The quantitative estimate of drug-likeness (QED) is 0.667. The van der Waals surface area contributed by atoms with Gasteiger partial charge in [-0.25, -0.2) is 0 Å². The highest BCUT2D eigenvalue weighted by molar-refractivity contribution is 6.47. The van der Waals surface area contributed by atoms with Crippen LogP contribution in [0.3, 0.4) is 0 Å². The number of hydrogen-bond donors (Lipinski definition) is 1. The lowest BCUT2D eigenvalue weighted by atomic mass is 9.96. The van der Waals surface area contributed by atoms with Crippen LogP contribution in [0.2, 0.25) is 15.1 Å². The molecule has 20 heavy (non-hydrogen) atoms. The number of halogens is 3. The lowest BCUT2D eigenvalue weighted by Gasteiger charge is -2.14. The Kier molecular flexibility index (Phi) is 4.52. The molecule has 0 unspecified atom stereocenters. The summed E-state index contributed by atoms with van der Waals surface area (Å²) in [7, 11) is 0. The van der Waals surface area contributed by atoms with Crippen molar-refractivity contribution in [1.82, 2.24) is 5.32 Å². The van der Waals surface area contributed by atoms with Crippen molar-refractivity contribution in [3.63, 3.8) is 0 Å². The molecular weight excluding hydrogens is 321 g/mol. The van der Waals surface area contributed by atoms with Crippen LogP contribution in [0, 0.1) is 22.7 Å². The summed E-state index contributed by atoms with van der Waals surface area (Å²) >= 11 is 18.0. The van der Waals surface area contributed by atoms with Gasteiger partial charge < -0.3 is 5.32 Å². The summed E-state index contributed by atoms with van der Waals surface area (Å²) in [4.78, 5) is 12.5. The molecule has 102 valence electrons. The Morgan fingerprint density at radius 1 is 1.10 bits per heavy atom. The minimum Gasteiger partial charge on any atom is -0.307 e. The van der Waals surface area contributed by atoms with Crippen LogP contribution in [0.1, 0.15) is 34.3 Å². The third-order valence-electron chi connectivity index (χ3n) is 3.17. The van der Waals surface area contributed by atoms with Crippen LogP contribution in [0.4, 0.5) is 0 Å². The number of hydrogen-bond acceptors (Lipinski definition) is 4. The van der Waals surface area contributed by atoms with Crippen LogP contribution >= 0.6 is 34.8 Å². The summed E-state index contributed by atoms with van der Waals surface area (Å²) in [6.45, 7) is 0.730. The molecule has 0 amide bonds. The zero-order valence-electron chi connectivity index (χ0n) is 10.1. The maximum absolute atomic E-state index is 12.5. The minimum absolute atomic E-state index is 0.0115. The largest absolute Gasteiger partial charge is 0.307 e. The molecule has 1 aliphatic rings. The molecule has 0 aliphatic carbocycles. The summed E-state index contributed by atoms with van der Waals surface area (Å²) in [5.41, 5.74) is -0.204. The van der Waals surface area contributed by atoms with Gasteiger partial charge in [-0.05, 0) is 19.4 Å². The molecule has 0 saturated carbocycles. The van der Waals surface area contributed by atoms with Gasteiger partial charge in [-0.3, -0.25) is 4.79 Å². The second-order valence-corrected chi connectivity index (χ2v) is 5.44. The van der Waals surface area contributed by atoms with E-state index in [4.69, 9.17) is 40.1 Å². The van der Waals surface area contributed by atoms with Crippen molar-refractivity contribution < 1.29 is 4.79 Å². The van der Waals surface area contributed by atoms with Crippen LogP contribution < -0.4 is 5.32 Å². The van der Waals surface area contributed by atoms with Crippen molar-refractivity contribution >= 4 is 40.6 Å². The molecule has 1 aliphatic heterocycles. The summed E-state index contributed by atoms with van der Waals surface area (Å²) < 4.78 is 0. The Morgan fingerprint density at radius 2 is 1.75 bits per heavy atom. The summed E-state index contributed by atoms with van der Waals surface area (Å²) in [6.07, 6.45) is 1.53. The average molecular weight is 329 g/mol. The van der Waals surface area contributed by atoms with Crippen molar-refractivity contribution in [2.24, 2.45) is 0 Å². The lowest BCUT2D eigenvalue weighted by molar-refractivity contribution is 0.0952.